The first-order valence-electron chi connectivity index (χ1n) is 6.26. The van der Waals surface area contributed by atoms with Crippen molar-refractivity contribution in [1.29, 1.82) is 0 Å². The molecule has 4 nitrogen and oxygen atoms in total. The SMILES string of the molecule is Nc1nc(C(=O)NC2C3C4CCC(C4)C23)cs1. The number of carbonyl (C=O) groups is 1. The minimum Gasteiger partial charge on any atom is -0.375 e. The van der Waals surface area contributed by atoms with Crippen LogP contribution in [0, 0.1) is 23.7 Å². The zero-order valence-electron chi connectivity index (χ0n) is 9.43. The Labute approximate surface area is 104 Å². The summed E-state index contributed by atoms with van der Waals surface area (Å²) in [5.74, 6) is 3.27. The van der Waals surface area contributed by atoms with E-state index in [0.717, 1.165) is 23.7 Å². The summed E-state index contributed by atoms with van der Waals surface area (Å²) < 4.78 is 0. The third kappa shape index (κ3) is 1.35. The number of nitrogens with two attached hydrogens (primary N) is 1. The fourth-order valence-corrected chi connectivity index (χ4v) is 4.68. The van der Waals surface area contributed by atoms with E-state index in [1.807, 2.05) is 0 Å². The Morgan fingerprint density at radius 3 is 2.71 bits per heavy atom. The van der Waals surface area contributed by atoms with Crippen molar-refractivity contribution in [1.82, 2.24) is 10.3 Å². The molecule has 0 aromatic carbocycles. The van der Waals surface area contributed by atoms with Gasteiger partial charge in [-0.3, -0.25) is 4.79 Å². The predicted octanol–water partition coefficient (Wildman–Crippen LogP) is 1.50. The van der Waals surface area contributed by atoms with E-state index in [-0.39, 0.29) is 5.91 Å². The Bertz CT molecular complexity index is 470. The van der Waals surface area contributed by atoms with Gasteiger partial charge in [0.1, 0.15) is 5.69 Å². The number of aromatic nitrogens is 1. The molecule has 4 atom stereocenters. The Balaban J connectivity index is 1.45. The van der Waals surface area contributed by atoms with Crippen molar-refractivity contribution in [3.05, 3.63) is 11.1 Å². The lowest BCUT2D eigenvalue weighted by Gasteiger charge is -2.09. The van der Waals surface area contributed by atoms with Crippen molar-refractivity contribution in [3.8, 4) is 0 Å². The maximum Gasteiger partial charge on any atom is 0.271 e. The van der Waals surface area contributed by atoms with Crippen LogP contribution in [-0.2, 0) is 0 Å². The number of nitrogen functional groups attached to an aromatic ring is 1. The van der Waals surface area contributed by atoms with Crippen molar-refractivity contribution >= 4 is 22.4 Å². The molecule has 1 amide bonds. The van der Waals surface area contributed by atoms with E-state index >= 15 is 0 Å². The number of carbonyl (C=O) groups excluding carboxylic acids is 1. The van der Waals surface area contributed by atoms with Crippen LogP contribution in [0.5, 0.6) is 0 Å². The quantitative estimate of drug-likeness (QED) is 0.834. The van der Waals surface area contributed by atoms with Crippen molar-refractivity contribution in [2.24, 2.45) is 23.7 Å². The van der Waals surface area contributed by atoms with E-state index in [1.165, 1.54) is 30.6 Å². The summed E-state index contributed by atoms with van der Waals surface area (Å²) in [4.78, 5) is 16.0. The fourth-order valence-electron chi connectivity index (χ4n) is 4.14. The highest BCUT2D eigenvalue weighted by molar-refractivity contribution is 7.13. The number of hydrogen-bond donors (Lipinski definition) is 2. The normalized spacial score (nSPS) is 41.3. The van der Waals surface area contributed by atoms with Crippen LogP contribution in [0.1, 0.15) is 29.8 Å². The smallest absolute Gasteiger partial charge is 0.271 e. The molecule has 3 aliphatic carbocycles. The Hall–Kier alpha value is -1.10. The fraction of sp³-hybridized carbons (Fsp3) is 0.667. The minimum atomic E-state index is -0.0447. The molecule has 2 bridgehead atoms. The van der Waals surface area contributed by atoms with Gasteiger partial charge in [-0.15, -0.1) is 11.3 Å². The van der Waals surface area contributed by atoms with Crippen molar-refractivity contribution in [2.75, 3.05) is 5.73 Å². The van der Waals surface area contributed by atoms with Gasteiger partial charge >= 0.3 is 0 Å². The van der Waals surface area contributed by atoms with Gasteiger partial charge in [-0.2, -0.15) is 0 Å². The maximum absolute atomic E-state index is 12.0. The van der Waals surface area contributed by atoms with E-state index in [1.54, 1.807) is 5.38 Å². The average molecular weight is 249 g/mol. The molecule has 0 radical (unpaired) electrons. The Morgan fingerprint density at radius 1 is 1.41 bits per heavy atom. The summed E-state index contributed by atoms with van der Waals surface area (Å²) in [6, 6.07) is 0.427. The monoisotopic (exact) mass is 249 g/mol. The van der Waals surface area contributed by atoms with Crippen molar-refractivity contribution < 1.29 is 4.79 Å². The van der Waals surface area contributed by atoms with Crippen LogP contribution in [0.15, 0.2) is 5.38 Å². The number of rotatable bonds is 2. The molecule has 1 heterocycles. The Kier molecular flexibility index (Phi) is 1.87. The van der Waals surface area contributed by atoms with Gasteiger partial charge < -0.3 is 11.1 Å². The van der Waals surface area contributed by atoms with Gasteiger partial charge in [-0.05, 0) is 42.9 Å². The summed E-state index contributed by atoms with van der Waals surface area (Å²) >= 11 is 1.32. The number of fused-ring (bicyclic) bond motifs is 5. The van der Waals surface area contributed by atoms with Crippen LogP contribution in [0.25, 0.3) is 0 Å². The topological polar surface area (TPSA) is 68.0 Å². The predicted molar refractivity (Wildman–Crippen MR) is 65.6 cm³/mol. The number of anilines is 1. The highest BCUT2D eigenvalue weighted by Crippen LogP contribution is 2.65. The molecule has 0 spiro atoms. The first kappa shape index (κ1) is 9.88. The first-order valence-corrected chi connectivity index (χ1v) is 7.14. The molecule has 3 N–H and O–H groups in total. The molecular formula is C12H15N3OS. The molecule has 0 saturated heterocycles. The van der Waals surface area contributed by atoms with Crippen molar-refractivity contribution in [2.45, 2.75) is 25.3 Å². The van der Waals surface area contributed by atoms with Crippen LogP contribution < -0.4 is 11.1 Å². The van der Waals surface area contributed by atoms with Crippen molar-refractivity contribution in [3.63, 3.8) is 0 Å². The zero-order valence-corrected chi connectivity index (χ0v) is 10.2. The third-order valence-electron chi connectivity index (χ3n) is 4.79. The molecule has 0 aliphatic heterocycles. The highest BCUT2D eigenvalue weighted by Gasteiger charge is 2.65. The summed E-state index contributed by atoms with van der Waals surface area (Å²) in [6.07, 6.45) is 4.16. The zero-order chi connectivity index (χ0) is 11.6. The molecule has 1 aromatic heterocycles. The number of amides is 1. The van der Waals surface area contributed by atoms with Gasteiger partial charge in [0.25, 0.3) is 5.91 Å². The second-order valence-electron chi connectivity index (χ2n) is 5.56. The summed E-state index contributed by atoms with van der Waals surface area (Å²) in [6.45, 7) is 0. The van der Waals surface area contributed by atoms with Crippen LogP contribution in [0.4, 0.5) is 5.13 Å². The van der Waals surface area contributed by atoms with Gasteiger partial charge in [-0.25, -0.2) is 4.98 Å². The molecule has 3 aliphatic rings. The first-order chi connectivity index (χ1) is 8.24. The molecule has 4 unspecified atom stereocenters. The molecule has 5 heteroatoms. The van der Waals surface area contributed by atoms with E-state index in [4.69, 9.17) is 5.73 Å². The number of hydrogen-bond acceptors (Lipinski definition) is 4. The van der Waals surface area contributed by atoms with E-state index in [9.17, 15) is 4.79 Å². The summed E-state index contributed by atoms with van der Waals surface area (Å²) in [7, 11) is 0. The van der Waals surface area contributed by atoms with Crippen LogP contribution in [-0.4, -0.2) is 16.9 Å². The number of nitrogens with one attached hydrogen (secondary N) is 1. The van der Waals surface area contributed by atoms with E-state index < -0.39 is 0 Å². The lowest BCUT2D eigenvalue weighted by Crippen LogP contribution is -2.30. The maximum atomic E-state index is 12.0. The lowest BCUT2D eigenvalue weighted by molar-refractivity contribution is 0.0940. The van der Waals surface area contributed by atoms with Gasteiger partial charge in [0.2, 0.25) is 0 Å². The molecular weight excluding hydrogens is 234 g/mol. The largest absolute Gasteiger partial charge is 0.375 e. The number of thiazole rings is 1. The third-order valence-corrected chi connectivity index (χ3v) is 5.46. The minimum absolute atomic E-state index is 0.0447. The molecule has 1 aromatic rings. The van der Waals surface area contributed by atoms with Gasteiger partial charge in [0, 0.05) is 11.4 Å². The molecule has 4 rings (SSSR count). The average Bonchev–Trinajstić information content (AvgIpc) is 2.77. The number of nitrogens with zero attached hydrogens (tertiary/aromatic N) is 1. The Morgan fingerprint density at radius 2 is 2.12 bits per heavy atom. The molecule has 3 saturated carbocycles. The van der Waals surface area contributed by atoms with Gasteiger partial charge in [0.05, 0.1) is 0 Å². The summed E-state index contributed by atoms with van der Waals surface area (Å²) in [5, 5.41) is 5.33. The standard InChI is InChI=1S/C12H15N3OS/c13-12-14-7(4-17-12)11(16)15-10-8-5-1-2-6(3-5)9(8)10/h4-6,8-10H,1-3H2,(H2,13,14)(H,15,16). The van der Waals surface area contributed by atoms with E-state index in [2.05, 4.69) is 10.3 Å². The second kappa shape index (κ2) is 3.22. The lowest BCUT2D eigenvalue weighted by atomic mass is 10.0. The molecule has 17 heavy (non-hydrogen) atoms. The molecule has 3 fully saturated rings. The van der Waals surface area contributed by atoms with E-state index in [0.29, 0.717) is 16.9 Å². The van der Waals surface area contributed by atoms with Crippen LogP contribution in [0.2, 0.25) is 0 Å². The second-order valence-corrected chi connectivity index (χ2v) is 6.45. The van der Waals surface area contributed by atoms with Gasteiger partial charge in [-0.1, -0.05) is 0 Å². The van der Waals surface area contributed by atoms with Gasteiger partial charge in [0.15, 0.2) is 5.13 Å². The van der Waals surface area contributed by atoms with Crippen LogP contribution >= 0.6 is 11.3 Å². The highest BCUT2D eigenvalue weighted by atomic mass is 32.1. The van der Waals surface area contributed by atoms with Crippen LogP contribution in [0.3, 0.4) is 0 Å². The summed E-state index contributed by atoms with van der Waals surface area (Å²) in [5.41, 5.74) is 6.01. The molecule has 90 valence electrons.